The number of hydrogen-bond donors (Lipinski definition) is 0. The minimum Gasteiger partial charge on any atom is -0.461 e. The minimum absolute atomic E-state index is 0.0223. The average molecular weight is 389 g/mol. The van der Waals surface area contributed by atoms with Gasteiger partial charge in [-0.15, -0.1) is 0 Å². The van der Waals surface area contributed by atoms with Crippen molar-refractivity contribution in [2.45, 2.75) is 20.0 Å². The average Bonchev–Trinajstić information content (AvgIpc) is 2.54. The predicted molar refractivity (Wildman–Crippen MR) is 90.2 cm³/mol. The SMILES string of the molecule is Cc1ccc(CC(=O)OCc2cc(Br)cc(C#N)c2)cc1[N+](=O)[O-]. The van der Waals surface area contributed by atoms with Crippen molar-refractivity contribution < 1.29 is 14.5 Å². The Hall–Kier alpha value is -2.72. The van der Waals surface area contributed by atoms with Crippen LogP contribution in [0.15, 0.2) is 40.9 Å². The monoisotopic (exact) mass is 388 g/mol. The normalized spacial score (nSPS) is 10.0. The second-order valence-electron chi connectivity index (χ2n) is 5.18. The first kappa shape index (κ1) is 17.6. The molecule has 24 heavy (non-hydrogen) atoms. The summed E-state index contributed by atoms with van der Waals surface area (Å²) in [6.45, 7) is 1.67. The molecular formula is C17H13BrN2O4. The number of halogens is 1. The smallest absolute Gasteiger partial charge is 0.310 e. The lowest BCUT2D eigenvalue weighted by Gasteiger charge is -2.07. The number of aryl methyl sites for hydroxylation is 1. The van der Waals surface area contributed by atoms with Crippen LogP contribution in [-0.4, -0.2) is 10.9 Å². The van der Waals surface area contributed by atoms with Crippen LogP contribution in [0, 0.1) is 28.4 Å². The number of hydrogen-bond acceptors (Lipinski definition) is 5. The molecule has 122 valence electrons. The molecule has 0 aromatic heterocycles. The molecule has 0 aliphatic rings. The van der Waals surface area contributed by atoms with E-state index in [0.29, 0.717) is 22.3 Å². The van der Waals surface area contributed by atoms with Gasteiger partial charge in [-0.1, -0.05) is 28.1 Å². The van der Waals surface area contributed by atoms with E-state index in [1.165, 1.54) is 6.07 Å². The zero-order chi connectivity index (χ0) is 17.7. The fourth-order valence-electron chi connectivity index (χ4n) is 2.14. The summed E-state index contributed by atoms with van der Waals surface area (Å²) in [6.07, 6.45) is -0.0553. The standard InChI is InChI=1S/C17H13BrN2O4/c1-11-2-3-12(7-16(11)20(22)23)8-17(21)24-10-14-4-13(9-19)5-15(18)6-14/h2-7H,8,10H2,1H3. The van der Waals surface area contributed by atoms with E-state index in [2.05, 4.69) is 15.9 Å². The summed E-state index contributed by atoms with van der Waals surface area (Å²) >= 11 is 3.29. The Balaban J connectivity index is 2.02. The molecule has 0 fully saturated rings. The molecule has 0 aliphatic heterocycles. The first-order valence-corrected chi connectivity index (χ1v) is 7.77. The van der Waals surface area contributed by atoms with Crippen molar-refractivity contribution in [3.05, 3.63) is 73.2 Å². The zero-order valence-corrected chi connectivity index (χ0v) is 14.4. The molecule has 0 heterocycles. The maximum absolute atomic E-state index is 11.9. The van der Waals surface area contributed by atoms with E-state index >= 15 is 0 Å². The molecule has 0 bridgehead atoms. The molecule has 2 aromatic carbocycles. The van der Waals surface area contributed by atoms with Crippen LogP contribution in [-0.2, 0) is 22.6 Å². The predicted octanol–water partition coefficient (Wildman–Crippen LogP) is 3.82. The van der Waals surface area contributed by atoms with Gasteiger partial charge in [0.1, 0.15) is 6.61 Å². The Kier molecular flexibility index (Phi) is 5.66. The lowest BCUT2D eigenvalue weighted by Crippen LogP contribution is -2.08. The van der Waals surface area contributed by atoms with Gasteiger partial charge in [0.2, 0.25) is 0 Å². The summed E-state index contributed by atoms with van der Waals surface area (Å²) in [5.74, 6) is -0.494. The highest BCUT2D eigenvalue weighted by Crippen LogP contribution is 2.20. The molecule has 0 amide bonds. The van der Waals surface area contributed by atoms with Crippen molar-refractivity contribution >= 4 is 27.6 Å². The van der Waals surface area contributed by atoms with Gasteiger partial charge in [0.05, 0.1) is 23.0 Å². The fourth-order valence-corrected chi connectivity index (χ4v) is 2.68. The summed E-state index contributed by atoms with van der Waals surface area (Å²) in [5, 5.41) is 19.8. The lowest BCUT2D eigenvalue weighted by atomic mass is 10.1. The molecule has 0 saturated heterocycles. The summed E-state index contributed by atoms with van der Waals surface area (Å²) < 4.78 is 5.90. The van der Waals surface area contributed by atoms with E-state index in [1.54, 1.807) is 37.3 Å². The maximum atomic E-state index is 11.9. The third-order valence-electron chi connectivity index (χ3n) is 3.31. The fraction of sp³-hybridized carbons (Fsp3) is 0.176. The Morgan fingerprint density at radius 1 is 1.29 bits per heavy atom. The molecule has 0 atom stereocenters. The number of ether oxygens (including phenoxy) is 1. The van der Waals surface area contributed by atoms with Crippen LogP contribution in [0.1, 0.15) is 22.3 Å². The summed E-state index contributed by atoms with van der Waals surface area (Å²) in [5.41, 5.74) is 2.18. The minimum atomic E-state index is -0.494. The van der Waals surface area contributed by atoms with Crippen LogP contribution in [0.4, 0.5) is 5.69 Å². The number of nitro benzene ring substituents is 1. The molecule has 0 unspecified atom stereocenters. The van der Waals surface area contributed by atoms with E-state index in [1.807, 2.05) is 6.07 Å². The molecule has 7 heteroatoms. The summed E-state index contributed by atoms with van der Waals surface area (Å²) in [4.78, 5) is 22.4. The number of esters is 1. The number of nitro groups is 1. The molecule has 0 saturated carbocycles. The Morgan fingerprint density at radius 2 is 2.04 bits per heavy atom. The zero-order valence-electron chi connectivity index (χ0n) is 12.8. The van der Waals surface area contributed by atoms with Gasteiger partial charge < -0.3 is 4.74 Å². The first-order chi connectivity index (χ1) is 11.4. The second kappa shape index (κ2) is 7.70. The van der Waals surface area contributed by atoms with E-state index in [-0.39, 0.29) is 18.7 Å². The molecule has 0 aliphatic carbocycles. The van der Waals surface area contributed by atoms with Crippen LogP contribution in [0.5, 0.6) is 0 Å². The number of nitriles is 1. The topological polar surface area (TPSA) is 93.2 Å². The van der Waals surface area contributed by atoms with E-state index in [9.17, 15) is 14.9 Å². The first-order valence-electron chi connectivity index (χ1n) is 6.98. The Bertz CT molecular complexity index is 843. The molecule has 0 spiro atoms. The van der Waals surface area contributed by atoms with E-state index in [0.717, 1.165) is 4.47 Å². The van der Waals surface area contributed by atoms with Gasteiger partial charge >= 0.3 is 5.97 Å². The summed E-state index contributed by atoms with van der Waals surface area (Å²) in [7, 11) is 0. The number of rotatable bonds is 5. The number of benzene rings is 2. The van der Waals surface area contributed by atoms with Crippen LogP contribution in [0.3, 0.4) is 0 Å². The van der Waals surface area contributed by atoms with Gasteiger partial charge in [-0.2, -0.15) is 5.26 Å². The van der Waals surface area contributed by atoms with Crippen molar-refractivity contribution in [1.29, 1.82) is 5.26 Å². The Morgan fingerprint density at radius 3 is 2.71 bits per heavy atom. The molecule has 0 N–H and O–H groups in total. The van der Waals surface area contributed by atoms with Gasteiger partial charge in [-0.3, -0.25) is 14.9 Å². The van der Waals surface area contributed by atoms with Crippen molar-refractivity contribution in [3.8, 4) is 6.07 Å². The van der Waals surface area contributed by atoms with Crippen LogP contribution >= 0.6 is 15.9 Å². The highest BCUT2D eigenvalue weighted by molar-refractivity contribution is 9.10. The van der Waals surface area contributed by atoms with Gasteiger partial charge in [-0.05, 0) is 36.2 Å². The quantitative estimate of drug-likeness (QED) is 0.440. The van der Waals surface area contributed by atoms with Crippen molar-refractivity contribution in [1.82, 2.24) is 0 Å². The second-order valence-corrected chi connectivity index (χ2v) is 6.09. The van der Waals surface area contributed by atoms with Gasteiger partial charge in [0.15, 0.2) is 0 Å². The number of carbonyl (C=O) groups excluding carboxylic acids is 1. The van der Waals surface area contributed by atoms with Crippen LogP contribution in [0.2, 0.25) is 0 Å². The van der Waals surface area contributed by atoms with Gasteiger partial charge in [-0.25, -0.2) is 0 Å². The molecule has 2 aromatic rings. The third-order valence-corrected chi connectivity index (χ3v) is 3.76. The lowest BCUT2D eigenvalue weighted by molar-refractivity contribution is -0.385. The van der Waals surface area contributed by atoms with E-state index in [4.69, 9.17) is 10.00 Å². The maximum Gasteiger partial charge on any atom is 0.310 e. The van der Waals surface area contributed by atoms with Crippen molar-refractivity contribution in [2.24, 2.45) is 0 Å². The van der Waals surface area contributed by atoms with Crippen molar-refractivity contribution in [2.75, 3.05) is 0 Å². The molecule has 2 rings (SSSR count). The van der Waals surface area contributed by atoms with Crippen LogP contribution in [0.25, 0.3) is 0 Å². The number of carbonyl (C=O) groups is 1. The third kappa shape index (κ3) is 4.64. The van der Waals surface area contributed by atoms with Gasteiger partial charge in [0, 0.05) is 16.1 Å². The summed E-state index contributed by atoms with van der Waals surface area (Å²) in [6, 6.07) is 11.7. The molecular weight excluding hydrogens is 376 g/mol. The number of nitrogens with zero attached hydrogens (tertiary/aromatic N) is 2. The van der Waals surface area contributed by atoms with Gasteiger partial charge in [0.25, 0.3) is 5.69 Å². The van der Waals surface area contributed by atoms with Crippen molar-refractivity contribution in [3.63, 3.8) is 0 Å². The van der Waals surface area contributed by atoms with Crippen LogP contribution < -0.4 is 0 Å². The molecule has 6 nitrogen and oxygen atoms in total. The van der Waals surface area contributed by atoms with E-state index < -0.39 is 10.9 Å². The Labute approximate surface area is 147 Å². The highest BCUT2D eigenvalue weighted by Gasteiger charge is 2.13. The highest BCUT2D eigenvalue weighted by atomic mass is 79.9. The molecule has 0 radical (unpaired) electrons. The largest absolute Gasteiger partial charge is 0.461 e.